The van der Waals surface area contributed by atoms with Crippen molar-refractivity contribution in [1.29, 1.82) is 0 Å². The molecule has 0 radical (unpaired) electrons. The van der Waals surface area contributed by atoms with Gasteiger partial charge < -0.3 is 15.2 Å². The summed E-state index contributed by atoms with van der Waals surface area (Å²) in [5.74, 6) is 0. The summed E-state index contributed by atoms with van der Waals surface area (Å²) in [5.41, 5.74) is 8.24. The van der Waals surface area contributed by atoms with E-state index in [0.717, 1.165) is 13.0 Å². The van der Waals surface area contributed by atoms with Crippen molar-refractivity contribution >= 4 is 0 Å². The third kappa shape index (κ3) is 2.86. The number of ether oxygens (including phenoxy) is 1. The predicted molar refractivity (Wildman–Crippen MR) is 47.0 cm³/mol. The van der Waals surface area contributed by atoms with Gasteiger partial charge >= 0.3 is 0 Å². The molecule has 1 heterocycles. The number of hydrogen-bond acceptors (Lipinski definition) is 4. The molecule has 1 rings (SSSR count). The maximum absolute atomic E-state index is 9.35. The van der Waals surface area contributed by atoms with E-state index in [2.05, 4.69) is 15.3 Å². The maximum Gasteiger partial charge on any atom is 0.169 e. The highest BCUT2D eigenvalue weighted by atomic mass is 16.6. The molecule has 1 fully saturated rings. The van der Waals surface area contributed by atoms with Crippen LogP contribution in [0.1, 0.15) is 12.8 Å². The first-order valence-corrected chi connectivity index (χ1v) is 4.26. The summed E-state index contributed by atoms with van der Waals surface area (Å²) in [6.07, 6.45) is 0.618. The topological polar surface area (TPSA) is 90.2 Å². The minimum atomic E-state index is -0.823. The van der Waals surface area contributed by atoms with E-state index in [1.807, 2.05) is 0 Å². The van der Waals surface area contributed by atoms with Crippen molar-refractivity contribution < 1.29 is 9.84 Å². The molecule has 0 aromatic carbocycles. The number of aliphatic hydroxyl groups is 1. The quantitative estimate of drug-likeness (QED) is 0.289. The Hall–Kier alpha value is -0.810. The van der Waals surface area contributed by atoms with E-state index in [0.29, 0.717) is 6.42 Å². The Labute approximate surface area is 76.5 Å². The van der Waals surface area contributed by atoms with Gasteiger partial charge in [-0.2, -0.15) is 0 Å². The van der Waals surface area contributed by atoms with Crippen molar-refractivity contribution in [2.24, 2.45) is 5.11 Å². The van der Waals surface area contributed by atoms with Gasteiger partial charge in [-0.05, 0) is 24.9 Å². The molecule has 13 heavy (non-hydrogen) atoms. The molecule has 0 aromatic heterocycles. The molecule has 74 valence electrons. The van der Waals surface area contributed by atoms with Crippen molar-refractivity contribution in [3.63, 3.8) is 0 Å². The zero-order chi connectivity index (χ0) is 9.68. The highest BCUT2D eigenvalue weighted by Gasteiger charge is 2.25. The second-order valence-corrected chi connectivity index (χ2v) is 3.07. The standard InChI is InChI=1S/C7H14N4O2/c1-13-7(12)6-4-5(10-11-8)2-3-9-6/h5-7,9,12H,2-4H2,1H3/t5-,6+,7?/m1/s1. The number of methoxy groups -OCH3 is 1. The zero-order valence-electron chi connectivity index (χ0n) is 7.55. The van der Waals surface area contributed by atoms with Crippen molar-refractivity contribution in [2.75, 3.05) is 13.7 Å². The van der Waals surface area contributed by atoms with Crippen LogP contribution in [0.5, 0.6) is 0 Å². The monoisotopic (exact) mass is 186 g/mol. The van der Waals surface area contributed by atoms with Gasteiger partial charge in [-0.3, -0.25) is 0 Å². The molecule has 0 saturated carbocycles. The van der Waals surface area contributed by atoms with Crippen LogP contribution in [0.3, 0.4) is 0 Å². The normalized spacial score (nSPS) is 30.6. The summed E-state index contributed by atoms with van der Waals surface area (Å²) in [7, 11) is 1.45. The van der Waals surface area contributed by atoms with Gasteiger partial charge in [-0.25, -0.2) is 0 Å². The van der Waals surface area contributed by atoms with Crippen molar-refractivity contribution in [3.8, 4) is 0 Å². The third-order valence-electron chi connectivity index (χ3n) is 2.21. The Bertz CT molecular complexity index is 205. The fourth-order valence-electron chi connectivity index (χ4n) is 1.49. The number of nitrogens with one attached hydrogen (secondary N) is 1. The summed E-state index contributed by atoms with van der Waals surface area (Å²) in [6, 6.07) is -0.157. The van der Waals surface area contributed by atoms with E-state index in [9.17, 15) is 5.11 Å². The van der Waals surface area contributed by atoms with Gasteiger partial charge in [0.05, 0.1) is 6.04 Å². The first-order chi connectivity index (χ1) is 6.27. The molecule has 1 aliphatic heterocycles. The molecule has 1 aliphatic rings. The molecule has 6 heteroatoms. The molecule has 0 spiro atoms. The minimum Gasteiger partial charge on any atom is -0.367 e. The first-order valence-electron chi connectivity index (χ1n) is 4.26. The summed E-state index contributed by atoms with van der Waals surface area (Å²) in [6.45, 7) is 0.745. The third-order valence-corrected chi connectivity index (χ3v) is 2.21. The lowest BCUT2D eigenvalue weighted by molar-refractivity contribution is -0.102. The number of hydrogen-bond donors (Lipinski definition) is 2. The molecular formula is C7H14N4O2. The van der Waals surface area contributed by atoms with Gasteiger partial charge in [-0.15, -0.1) is 0 Å². The summed E-state index contributed by atoms with van der Waals surface area (Å²) < 4.78 is 4.77. The van der Waals surface area contributed by atoms with E-state index in [1.54, 1.807) is 0 Å². The van der Waals surface area contributed by atoms with Gasteiger partial charge in [0.25, 0.3) is 0 Å². The van der Waals surface area contributed by atoms with Crippen LogP contribution in [0.2, 0.25) is 0 Å². The Morgan fingerprint density at radius 1 is 1.77 bits per heavy atom. The van der Waals surface area contributed by atoms with Crippen LogP contribution in [0.15, 0.2) is 5.11 Å². The van der Waals surface area contributed by atoms with E-state index in [1.165, 1.54) is 7.11 Å². The average Bonchev–Trinajstić information content (AvgIpc) is 2.18. The van der Waals surface area contributed by atoms with Gasteiger partial charge in [0.15, 0.2) is 6.29 Å². The Morgan fingerprint density at radius 2 is 2.54 bits per heavy atom. The number of piperidine rings is 1. The Kier molecular flexibility index (Phi) is 3.98. The number of azide groups is 1. The molecule has 0 aliphatic carbocycles. The van der Waals surface area contributed by atoms with Crippen LogP contribution in [0.4, 0.5) is 0 Å². The van der Waals surface area contributed by atoms with Crippen LogP contribution >= 0.6 is 0 Å². The van der Waals surface area contributed by atoms with Gasteiger partial charge in [0.2, 0.25) is 0 Å². The van der Waals surface area contributed by atoms with E-state index < -0.39 is 6.29 Å². The molecule has 1 saturated heterocycles. The lowest BCUT2D eigenvalue weighted by atomic mass is 10.00. The lowest BCUT2D eigenvalue weighted by Gasteiger charge is -2.30. The molecule has 0 aromatic rings. The molecule has 6 nitrogen and oxygen atoms in total. The smallest absolute Gasteiger partial charge is 0.169 e. The molecule has 0 amide bonds. The van der Waals surface area contributed by atoms with Gasteiger partial charge in [0.1, 0.15) is 0 Å². The Morgan fingerprint density at radius 3 is 3.15 bits per heavy atom. The minimum absolute atomic E-state index is 0.0268. The van der Waals surface area contributed by atoms with Gasteiger partial charge in [-0.1, -0.05) is 5.11 Å². The zero-order valence-corrected chi connectivity index (χ0v) is 7.55. The fourth-order valence-corrected chi connectivity index (χ4v) is 1.49. The lowest BCUT2D eigenvalue weighted by Crippen LogP contribution is -2.47. The van der Waals surface area contributed by atoms with Crippen LogP contribution in [-0.2, 0) is 4.74 Å². The van der Waals surface area contributed by atoms with Crippen LogP contribution < -0.4 is 5.32 Å². The van der Waals surface area contributed by atoms with Crippen LogP contribution in [0.25, 0.3) is 10.4 Å². The van der Waals surface area contributed by atoms with E-state index in [-0.39, 0.29) is 12.1 Å². The maximum atomic E-state index is 9.35. The van der Waals surface area contributed by atoms with Gasteiger partial charge in [0, 0.05) is 18.1 Å². The number of aliphatic hydroxyl groups excluding tert-OH is 1. The summed E-state index contributed by atoms with van der Waals surface area (Å²) in [4.78, 5) is 2.75. The average molecular weight is 186 g/mol. The molecule has 2 N–H and O–H groups in total. The van der Waals surface area contributed by atoms with Crippen molar-refractivity contribution in [2.45, 2.75) is 31.2 Å². The van der Waals surface area contributed by atoms with Crippen LogP contribution in [0, 0.1) is 0 Å². The second-order valence-electron chi connectivity index (χ2n) is 3.07. The number of rotatable bonds is 3. The largest absolute Gasteiger partial charge is 0.367 e. The summed E-state index contributed by atoms with van der Waals surface area (Å²) in [5, 5.41) is 16.1. The van der Waals surface area contributed by atoms with E-state index in [4.69, 9.17) is 10.3 Å². The van der Waals surface area contributed by atoms with E-state index >= 15 is 0 Å². The first kappa shape index (κ1) is 10.3. The number of nitrogens with zero attached hydrogens (tertiary/aromatic N) is 3. The van der Waals surface area contributed by atoms with Crippen LogP contribution in [-0.4, -0.2) is 37.1 Å². The molecule has 3 atom stereocenters. The second kappa shape index (κ2) is 5.04. The molecule has 1 unspecified atom stereocenters. The molecular weight excluding hydrogens is 172 g/mol. The highest BCUT2D eigenvalue weighted by Crippen LogP contribution is 2.15. The molecule has 0 bridgehead atoms. The van der Waals surface area contributed by atoms with Crippen molar-refractivity contribution in [1.82, 2.24) is 5.32 Å². The Balaban J connectivity index is 2.45. The SMILES string of the molecule is COC(O)[C@@H]1C[C@H](N=[N+]=[N-])CCN1. The summed E-state index contributed by atoms with van der Waals surface area (Å²) >= 11 is 0. The highest BCUT2D eigenvalue weighted by molar-refractivity contribution is 4.84. The predicted octanol–water partition coefficient (Wildman–Crippen LogP) is 0.382. The van der Waals surface area contributed by atoms with Crippen molar-refractivity contribution in [3.05, 3.63) is 10.4 Å². The fraction of sp³-hybridized carbons (Fsp3) is 1.00.